The highest BCUT2D eigenvalue weighted by atomic mass is 32.1. The molecule has 0 aliphatic rings. The zero-order chi connectivity index (χ0) is 18.5. The standard InChI is InChI=1S/C20H21N3O2S/c1-14(24)21-11-10-15-13-23(19-9-8-17(25-2)12-18(15)19)20(26)22-16-6-4-3-5-7-16/h3-9,12-13H,10-11H2,1-2H3,(H,21,24)(H,22,26). The second kappa shape index (κ2) is 8.01. The fraction of sp³-hybridized carbons (Fsp3) is 0.200. The third kappa shape index (κ3) is 4.03. The summed E-state index contributed by atoms with van der Waals surface area (Å²) in [4.78, 5) is 11.1. The van der Waals surface area contributed by atoms with Crippen LogP contribution < -0.4 is 15.4 Å². The van der Waals surface area contributed by atoms with Crippen molar-refractivity contribution in [3.05, 3.63) is 60.3 Å². The molecular weight excluding hydrogens is 346 g/mol. The largest absolute Gasteiger partial charge is 0.497 e. The predicted molar refractivity (Wildman–Crippen MR) is 109 cm³/mol. The van der Waals surface area contributed by atoms with Crippen molar-refractivity contribution in [2.45, 2.75) is 13.3 Å². The van der Waals surface area contributed by atoms with Crippen molar-refractivity contribution < 1.29 is 9.53 Å². The SMILES string of the molecule is COc1ccc2c(c1)c(CCNC(C)=O)cn2C(=S)Nc1ccccc1. The average molecular weight is 367 g/mol. The van der Waals surface area contributed by atoms with Crippen LogP contribution in [-0.4, -0.2) is 29.2 Å². The minimum absolute atomic E-state index is 0.0346. The van der Waals surface area contributed by atoms with Gasteiger partial charge in [-0.2, -0.15) is 0 Å². The number of amides is 1. The van der Waals surface area contributed by atoms with Crippen molar-refractivity contribution in [2.24, 2.45) is 0 Å². The average Bonchev–Trinajstić information content (AvgIpc) is 3.00. The molecule has 0 atom stereocenters. The number of anilines is 1. The fourth-order valence-electron chi connectivity index (χ4n) is 2.85. The highest BCUT2D eigenvalue weighted by Crippen LogP contribution is 2.27. The van der Waals surface area contributed by atoms with Gasteiger partial charge in [0, 0.05) is 30.7 Å². The molecule has 2 N–H and O–H groups in total. The summed E-state index contributed by atoms with van der Waals surface area (Å²) in [7, 11) is 1.65. The van der Waals surface area contributed by atoms with E-state index in [1.54, 1.807) is 7.11 Å². The van der Waals surface area contributed by atoms with Crippen LogP contribution in [0.15, 0.2) is 54.7 Å². The van der Waals surface area contributed by atoms with Crippen LogP contribution in [-0.2, 0) is 11.2 Å². The monoisotopic (exact) mass is 367 g/mol. The van der Waals surface area contributed by atoms with E-state index in [2.05, 4.69) is 10.6 Å². The Kier molecular flexibility index (Phi) is 5.53. The summed E-state index contributed by atoms with van der Waals surface area (Å²) < 4.78 is 7.32. The molecule has 0 saturated carbocycles. The highest BCUT2D eigenvalue weighted by Gasteiger charge is 2.13. The Balaban J connectivity index is 1.93. The van der Waals surface area contributed by atoms with Gasteiger partial charge in [-0.25, -0.2) is 0 Å². The lowest BCUT2D eigenvalue weighted by Gasteiger charge is -2.10. The Labute approximate surface area is 158 Å². The van der Waals surface area contributed by atoms with Crippen LogP contribution >= 0.6 is 12.2 Å². The highest BCUT2D eigenvalue weighted by molar-refractivity contribution is 7.80. The summed E-state index contributed by atoms with van der Waals surface area (Å²) in [5, 5.41) is 7.75. The summed E-state index contributed by atoms with van der Waals surface area (Å²) in [5.74, 6) is 0.755. The zero-order valence-corrected chi connectivity index (χ0v) is 15.6. The number of carbonyl (C=O) groups is 1. The van der Waals surface area contributed by atoms with Crippen molar-refractivity contribution in [1.29, 1.82) is 0 Å². The summed E-state index contributed by atoms with van der Waals surface area (Å²) in [6.45, 7) is 2.09. The van der Waals surface area contributed by atoms with Crippen molar-refractivity contribution in [1.82, 2.24) is 9.88 Å². The molecule has 6 heteroatoms. The van der Waals surface area contributed by atoms with Crippen LogP contribution in [0.4, 0.5) is 5.69 Å². The van der Waals surface area contributed by atoms with Gasteiger partial charge in [-0.3, -0.25) is 9.36 Å². The first-order valence-electron chi connectivity index (χ1n) is 8.37. The molecule has 26 heavy (non-hydrogen) atoms. The van der Waals surface area contributed by atoms with Crippen molar-refractivity contribution in [3.8, 4) is 5.75 Å². The third-order valence-corrected chi connectivity index (χ3v) is 4.41. The third-order valence-electron chi connectivity index (χ3n) is 4.11. The normalized spacial score (nSPS) is 10.5. The van der Waals surface area contributed by atoms with Gasteiger partial charge in [-0.05, 0) is 54.5 Å². The van der Waals surface area contributed by atoms with E-state index in [1.807, 2.05) is 59.3 Å². The van der Waals surface area contributed by atoms with E-state index in [-0.39, 0.29) is 5.91 Å². The van der Waals surface area contributed by atoms with Crippen molar-refractivity contribution in [3.63, 3.8) is 0 Å². The summed E-state index contributed by atoms with van der Waals surface area (Å²) in [6.07, 6.45) is 2.73. The number of methoxy groups -OCH3 is 1. The van der Waals surface area contributed by atoms with E-state index in [4.69, 9.17) is 17.0 Å². The summed E-state index contributed by atoms with van der Waals surface area (Å²) in [6, 6.07) is 15.7. The predicted octanol–water partition coefficient (Wildman–Crippen LogP) is 3.57. The maximum atomic E-state index is 11.1. The maximum Gasteiger partial charge on any atom is 0.216 e. The molecule has 0 aliphatic heterocycles. The van der Waals surface area contributed by atoms with Gasteiger partial charge >= 0.3 is 0 Å². The molecule has 0 fully saturated rings. The molecule has 1 amide bonds. The Bertz CT molecular complexity index is 935. The number of hydrogen-bond acceptors (Lipinski definition) is 3. The molecule has 3 aromatic rings. The van der Waals surface area contributed by atoms with Gasteiger partial charge in [0.2, 0.25) is 5.91 Å². The van der Waals surface area contributed by atoms with Gasteiger partial charge in [0.15, 0.2) is 5.11 Å². The van der Waals surface area contributed by atoms with Crippen LogP contribution in [0.1, 0.15) is 12.5 Å². The van der Waals surface area contributed by atoms with Gasteiger partial charge in [-0.15, -0.1) is 0 Å². The Morgan fingerprint density at radius 2 is 1.96 bits per heavy atom. The molecule has 0 bridgehead atoms. The lowest BCUT2D eigenvalue weighted by molar-refractivity contribution is -0.118. The van der Waals surface area contributed by atoms with E-state index in [9.17, 15) is 4.79 Å². The lowest BCUT2D eigenvalue weighted by atomic mass is 10.1. The van der Waals surface area contributed by atoms with E-state index in [0.29, 0.717) is 18.1 Å². The molecule has 0 aliphatic carbocycles. The zero-order valence-electron chi connectivity index (χ0n) is 14.8. The van der Waals surface area contributed by atoms with Crippen molar-refractivity contribution in [2.75, 3.05) is 19.0 Å². The molecule has 2 aromatic carbocycles. The van der Waals surface area contributed by atoms with Crippen LogP contribution in [0.3, 0.4) is 0 Å². The van der Waals surface area contributed by atoms with E-state index in [1.165, 1.54) is 6.92 Å². The Hall–Kier alpha value is -2.86. The molecular formula is C20H21N3O2S. The quantitative estimate of drug-likeness (QED) is 0.677. The molecule has 0 saturated heterocycles. The Morgan fingerprint density at radius 3 is 2.65 bits per heavy atom. The van der Waals surface area contributed by atoms with E-state index < -0.39 is 0 Å². The van der Waals surface area contributed by atoms with Gasteiger partial charge in [0.05, 0.1) is 12.6 Å². The fourth-order valence-corrected chi connectivity index (χ4v) is 3.12. The maximum absolute atomic E-state index is 11.1. The molecule has 0 unspecified atom stereocenters. The molecule has 0 radical (unpaired) electrons. The second-order valence-corrected chi connectivity index (χ2v) is 6.32. The van der Waals surface area contributed by atoms with E-state index >= 15 is 0 Å². The minimum Gasteiger partial charge on any atom is -0.497 e. The van der Waals surface area contributed by atoms with E-state index in [0.717, 1.165) is 27.9 Å². The molecule has 1 heterocycles. The minimum atomic E-state index is -0.0346. The smallest absolute Gasteiger partial charge is 0.216 e. The number of hydrogen-bond donors (Lipinski definition) is 2. The van der Waals surface area contributed by atoms with Crippen molar-refractivity contribution >= 4 is 39.8 Å². The number of carbonyl (C=O) groups excluding carboxylic acids is 1. The first-order valence-corrected chi connectivity index (χ1v) is 8.78. The summed E-state index contributed by atoms with van der Waals surface area (Å²) >= 11 is 5.61. The molecule has 1 aromatic heterocycles. The number of thiocarbonyl (C=S) groups is 1. The van der Waals surface area contributed by atoms with Crippen LogP contribution in [0.5, 0.6) is 5.75 Å². The topological polar surface area (TPSA) is 55.3 Å². The van der Waals surface area contributed by atoms with Crippen LogP contribution in [0.2, 0.25) is 0 Å². The number of nitrogens with one attached hydrogen (secondary N) is 2. The number of fused-ring (bicyclic) bond motifs is 1. The number of benzene rings is 2. The van der Waals surface area contributed by atoms with Gasteiger partial charge in [0.25, 0.3) is 0 Å². The number of para-hydroxylation sites is 1. The molecule has 134 valence electrons. The molecule has 5 nitrogen and oxygen atoms in total. The van der Waals surface area contributed by atoms with Gasteiger partial charge in [-0.1, -0.05) is 18.2 Å². The van der Waals surface area contributed by atoms with Crippen LogP contribution in [0.25, 0.3) is 10.9 Å². The first kappa shape index (κ1) is 17.9. The van der Waals surface area contributed by atoms with Crippen LogP contribution in [0, 0.1) is 0 Å². The second-order valence-electron chi connectivity index (χ2n) is 5.94. The molecule has 0 spiro atoms. The Morgan fingerprint density at radius 1 is 1.19 bits per heavy atom. The number of rotatable bonds is 5. The number of aromatic nitrogens is 1. The van der Waals surface area contributed by atoms with Gasteiger partial charge in [0.1, 0.15) is 5.75 Å². The molecule has 3 rings (SSSR count). The van der Waals surface area contributed by atoms with Gasteiger partial charge < -0.3 is 15.4 Å². The first-order chi connectivity index (χ1) is 12.6. The summed E-state index contributed by atoms with van der Waals surface area (Å²) in [5.41, 5.74) is 3.04. The lowest BCUT2D eigenvalue weighted by Crippen LogP contribution is -2.22. The number of ether oxygens (including phenoxy) is 1. The number of nitrogens with zero attached hydrogens (tertiary/aromatic N) is 1.